The molecule has 11 nitrogen and oxygen atoms in total. The Hall–Kier alpha value is -4.06. The third-order valence-electron chi connectivity index (χ3n) is 8.42. The zero-order chi connectivity index (χ0) is 29.9. The summed E-state index contributed by atoms with van der Waals surface area (Å²) in [4.78, 5) is 43.0. The number of hydrogen-bond donors (Lipinski definition) is 3. The van der Waals surface area contributed by atoms with Gasteiger partial charge in [0.2, 0.25) is 6.79 Å². The molecule has 0 radical (unpaired) electrons. The van der Waals surface area contributed by atoms with Crippen LogP contribution in [0.15, 0.2) is 34.7 Å². The third kappa shape index (κ3) is 6.34. The van der Waals surface area contributed by atoms with Crippen molar-refractivity contribution in [3.8, 4) is 11.5 Å². The lowest BCUT2D eigenvalue weighted by molar-refractivity contribution is -0.127. The first-order chi connectivity index (χ1) is 20.9. The summed E-state index contributed by atoms with van der Waals surface area (Å²) in [5, 5.41) is 6.17. The molecule has 43 heavy (non-hydrogen) atoms. The van der Waals surface area contributed by atoms with Crippen molar-refractivity contribution in [2.24, 2.45) is 0 Å². The Bertz CT molecular complexity index is 1490. The maximum Gasteiger partial charge on any atom is 0.273 e. The molecule has 0 unspecified atom stereocenters. The molecule has 1 atom stereocenters. The van der Waals surface area contributed by atoms with Gasteiger partial charge >= 0.3 is 0 Å². The van der Waals surface area contributed by atoms with Crippen molar-refractivity contribution in [2.75, 3.05) is 12.5 Å². The van der Waals surface area contributed by atoms with Crippen LogP contribution in [0.5, 0.6) is 11.5 Å². The van der Waals surface area contributed by atoms with Gasteiger partial charge in [0.25, 0.3) is 17.7 Å². The summed E-state index contributed by atoms with van der Waals surface area (Å²) in [5.41, 5.74) is 7.20. The second-order valence-corrected chi connectivity index (χ2v) is 12.3. The molecule has 0 spiro atoms. The monoisotopic (exact) mass is 607 g/mol. The van der Waals surface area contributed by atoms with Crippen LogP contribution in [0, 0.1) is 6.92 Å². The summed E-state index contributed by atoms with van der Waals surface area (Å²) in [6.07, 6.45) is 8.94. The van der Waals surface area contributed by atoms with Gasteiger partial charge in [0, 0.05) is 18.6 Å². The standard InChI is InChI=1S/C31H37N5O6S/c1-18-11-13-23(42-18)27(30(38)34-21-9-5-6-10-21)36(16-19-12-14-22-24(15-19)41-17-40-22)31(39)28-25(32)26(35-43-28)29(37)33-20-7-3-2-4-8-20/h11-15,20-21,27H,2-10,16-17,32H2,1H3,(H,33,37)(H,34,38)/t27-/m0/s1. The van der Waals surface area contributed by atoms with Gasteiger partial charge in [-0.25, -0.2) is 0 Å². The van der Waals surface area contributed by atoms with Gasteiger partial charge in [-0.15, -0.1) is 0 Å². The predicted molar refractivity (Wildman–Crippen MR) is 160 cm³/mol. The fraction of sp³-hybridized carbons (Fsp3) is 0.484. The number of carbonyl (C=O) groups excluding carboxylic acids is 3. The fourth-order valence-corrected chi connectivity index (χ4v) is 6.89. The number of hydrogen-bond acceptors (Lipinski definition) is 9. The molecule has 228 valence electrons. The Morgan fingerprint density at radius 3 is 2.40 bits per heavy atom. The first-order valence-electron chi connectivity index (χ1n) is 15.0. The number of rotatable bonds is 9. The molecule has 3 amide bonds. The first-order valence-corrected chi connectivity index (χ1v) is 15.8. The molecule has 2 aromatic heterocycles. The van der Waals surface area contributed by atoms with Gasteiger partial charge in [0.05, 0.1) is 5.69 Å². The van der Waals surface area contributed by atoms with Gasteiger partial charge < -0.3 is 35.2 Å². The number of nitrogen functional groups attached to an aromatic ring is 1. The number of aromatic nitrogens is 1. The highest BCUT2D eigenvalue weighted by atomic mass is 32.1. The van der Waals surface area contributed by atoms with Crippen molar-refractivity contribution in [3.63, 3.8) is 0 Å². The van der Waals surface area contributed by atoms with E-state index in [1.807, 2.05) is 6.07 Å². The maximum atomic E-state index is 14.4. The van der Waals surface area contributed by atoms with Crippen LogP contribution in [0.25, 0.3) is 0 Å². The number of benzene rings is 1. The van der Waals surface area contributed by atoms with Crippen molar-refractivity contribution < 1.29 is 28.3 Å². The number of anilines is 1. The topological polar surface area (TPSA) is 149 Å². The van der Waals surface area contributed by atoms with E-state index in [2.05, 4.69) is 15.0 Å². The molecule has 6 rings (SSSR count). The number of nitrogens with one attached hydrogen (secondary N) is 2. The van der Waals surface area contributed by atoms with Gasteiger partial charge in [-0.05, 0) is 74.0 Å². The lowest BCUT2D eigenvalue weighted by Gasteiger charge is -2.30. The van der Waals surface area contributed by atoms with E-state index < -0.39 is 11.9 Å². The van der Waals surface area contributed by atoms with Crippen molar-refractivity contribution in [1.29, 1.82) is 0 Å². The number of aryl methyl sites for hydroxylation is 1. The van der Waals surface area contributed by atoms with Gasteiger partial charge in [-0.1, -0.05) is 38.2 Å². The molecule has 12 heteroatoms. The zero-order valence-electron chi connectivity index (χ0n) is 24.2. The second-order valence-electron chi connectivity index (χ2n) is 11.5. The van der Waals surface area contributed by atoms with E-state index in [-0.39, 0.29) is 53.5 Å². The maximum absolute atomic E-state index is 14.4. The molecule has 1 aliphatic heterocycles. The van der Waals surface area contributed by atoms with Gasteiger partial charge in [0.1, 0.15) is 16.4 Å². The van der Waals surface area contributed by atoms with E-state index in [1.165, 1.54) is 4.90 Å². The van der Waals surface area contributed by atoms with Crippen LogP contribution in [-0.4, -0.2) is 45.9 Å². The van der Waals surface area contributed by atoms with Crippen molar-refractivity contribution in [2.45, 2.75) is 89.4 Å². The fourth-order valence-electron chi connectivity index (χ4n) is 6.14. The molecule has 0 saturated heterocycles. The van der Waals surface area contributed by atoms with Gasteiger partial charge in [0.15, 0.2) is 23.2 Å². The number of nitrogens with zero attached hydrogens (tertiary/aromatic N) is 2. The molecule has 3 aromatic rings. The smallest absolute Gasteiger partial charge is 0.273 e. The van der Waals surface area contributed by atoms with Crippen LogP contribution < -0.4 is 25.8 Å². The normalized spacial score (nSPS) is 17.5. The van der Waals surface area contributed by atoms with E-state index in [4.69, 9.17) is 19.6 Å². The average molecular weight is 608 g/mol. The van der Waals surface area contributed by atoms with Crippen molar-refractivity contribution in [1.82, 2.24) is 19.9 Å². The number of ether oxygens (including phenoxy) is 2. The summed E-state index contributed by atoms with van der Waals surface area (Å²) in [7, 11) is 0. The van der Waals surface area contributed by atoms with Crippen LogP contribution >= 0.6 is 11.5 Å². The molecular formula is C31H37N5O6S. The van der Waals surface area contributed by atoms with Crippen molar-refractivity contribution >= 4 is 34.9 Å². The molecule has 2 saturated carbocycles. The highest BCUT2D eigenvalue weighted by Gasteiger charge is 2.38. The minimum atomic E-state index is -1.09. The number of nitrogens with two attached hydrogens (primary N) is 1. The van der Waals surface area contributed by atoms with E-state index in [1.54, 1.807) is 31.2 Å². The molecule has 2 fully saturated rings. The minimum Gasteiger partial charge on any atom is -0.464 e. The second kappa shape index (κ2) is 12.7. The summed E-state index contributed by atoms with van der Waals surface area (Å²) in [6, 6.07) is 7.88. The minimum absolute atomic E-state index is 0.00423. The highest BCUT2D eigenvalue weighted by Crippen LogP contribution is 2.36. The van der Waals surface area contributed by atoms with Crippen LogP contribution in [0.3, 0.4) is 0 Å². The molecule has 3 heterocycles. The average Bonchev–Trinajstić information content (AvgIpc) is 3.81. The largest absolute Gasteiger partial charge is 0.464 e. The van der Waals surface area contributed by atoms with E-state index >= 15 is 0 Å². The SMILES string of the molecule is Cc1ccc([C@@H](C(=O)NC2CCCC2)N(Cc2ccc3c(c2)OCO3)C(=O)c2snc(C(=O)NC3CCCCC3)c2N)o1. The van der Waals surface area contributed by atoms with Crippen LogP contribution in [0.4, 0.5) is 5.69 Å². The van der Waals surface area contributed by atoms with Gasteiger partial charge in [-0.2, -0.15) is 4.37 Å². The molecular weight excluding hydrogens is 570 g/mol. The van der Waals surface area contributed by atoms with Crippen LogP contribution in [0.2, 0.25) is 0 Å². The molecule has 3 aliphatic rings. The van der Waals surface area contributed by atoms with Crippen LogP contribution in [-0.2, 0) is 11.3 Å². The zero-order valence-corrected chi connectivity index (χ0v) is 25.0. The Labute approximate surface area is 254 Å². The lowest BCUT2D eigenvalue weighted by Crippen LogP contribution is -2.45. The van der Waals surface area contributed by atoms with E-state index in [0.29, 0.717) is 23.0 Å². The van der Waals surface area contributed by atoms with Crippen LogP contribution in [0.1, 0.15) is 101 Å². The van der Waals surface area contributed by atoms with E-state index in [0.717, 1.165) is 74.9 Å². The third-order valence-corrected chi connectivity index (χ3v) is 9.27. The predicted octanol–water partition coefficient (Wildman–Crippen LogP) is 4.86. The quantitative estimate of drug-likeness (QED) is 0.312. The number of fused-ring (bicyclic) bond motifs is 1. The Morgan fingerprint density at radius 1 is 0.977 bits per heavy atom. The Morgan fingerprint density at radius 2 is 1.67 bits per heavy atom. The summed E-state index contributed by atoms with van der Waals surface area (Å²) in [5.74, 6) is 0.866. The highest BCUT2D eigenvalue weighted by molar-refractivity contribution is 7.09. The molecule has 2 aliphatic carbocycles. The van der Waals surface area contributed by atoms with Crippen molar-refractivity contribution in [3.05, 3.63) is 58.0 Å². The molecule has 0 bridgehead atoms. The lowest BCUT2D eigenvalue weighted by atomic mass is 9.95. The number of furan rings is 1. The number of carbonyl (C=O) groups is 3. The number of amides is 3. The summed E-state index contributed by atoms with van der Waals surface area (Å²) in [6.45, 7) is 1.94. The molecule has 4 N–H and O–H groups in total. The summed E-state index contributed by atoms with van der Waals surface area (Å²) >= 11 is 0.862. The molecule has 1 aromatic carbocycles. The van der Waals surface area contributed by atoms with Gasteiger partial charge in [-0.3, -0.25) is 14.4 Å². The Kier molecular flexibility index (Phi) is 8.55. The first kappa shape index (κ1) is 29.0. The summed E-state index contributed by atoms with van der Waals surface area (Å²) < 4.78 is 21.3. The van der Waals surface area contributed by atoms with E-state index in [9.17, 15) is 14.4 Å². The Balaban J connectivity index is 1.34.